The van der Waals surface area contributed by atoms with Crippen LogP contribution in [0.2, 0.25) is 0 Å². The summed E-state index contributed by atoms with van der Waals surface area (Å²) in [5, 5.41) is 2.76. The number of halogens is 1. The number of urea groups is 1. The first kappa shape index (κ1) is 22.9. The number of carbonyl (C=O) groups excluding carboxylic acids is 2. The van der Waals surface area contributed by atoms with Gasteiger partial charge in [0, 0.05) is 70.5 Å². The van der Waals surface area contributed by atoms with Crippen molar-refractivity contribution in [3.63, 3.8) is 0 Å². The zero-order chi connectivity index (χ0) is 22.5. The zero-order valence-corrected chi connectivity index (χ0v) is 19.1. The van der Waals surface area contributed by atoms with Crippen molar-refractivity contribution >= 4 is 11.9 Å². The van der Waals surface area contributed by atoms with Crippen molar-refractivity contribution in [1.82, 2.24) is 29.9 Å². The van der Waals surface area contributed by atoms with E-state index in [2.05, 4.69) is 27.1 Å². The SMILES string of the molecule is CN1CCN(Cc2cc(F)cnc2C2CCN(C(=O)CNC(=O)N3CCCC3)CC2)CC1. The number of hydrogen-bond donors (Lipinski definition) is 1. The number of rotatable bonds is 5. The molecule has 1 aromatic rings. The molecule has 0 radical (unpaired) electrons. The number of aromatic nitrogens is 1. The number of likely N-dealkylation sites (tertiary alicyclic amines) is 2. The van der Waals surface area contributed by atoms with Crippen LogP contribution >= 0.6 is 0 Å². The highest BCUT2D eigenvalue weighted by Gasteiger charge is 2.28. The third kappa shape index (κ3) is 5.75. The summed E-state index contributed by atoms with van der Waals surface area (Å²) in [7, 11) is 2.12. The minimum atomic E-state index is -0.292. The molecule has 4 heterocycles. The molecule has 0 bridgehead atoms. The van der Waals surface area contributed by atoms with Gasteiger partial charge in [0.1, 0.15) is 5.82 Å². The quantitative estimate of drug-likeness (QED) is 0.742. The summed E-state index contributed by atoms with van der Waals surface area (Å²) < 4.78 is 14.0. The minimum absolute atomic E-state index is 0.0410. The Morgan fingerprint density at radius 1 is 1.03 bits per heavy atom. The van der Waals surface area contributed by atoms with Gasteiger partial charge < -0.3 is 20.0 Å². The molecule has 32 heavy (non-hydrogen) atoms. The number of hydrogen-bond acceptors (Lipinski definition) is 5. The molecule has 4 rings (SSSR count). The van der Waals surface area contributed by atoms with Crippen LogP contribution in [0.1, 0.15) is 42.9 Å². The van der Waals surface area contributed by atoms with Gasteiger partial charge in [-0.05, 0) is 44.4 Å². The van der Waals surface area contributed by atoms with E-state index in [0.717, 1.165) is 82.8 Å². The van der Waals surface area contributed by atoms with Crippen LogP contribution in [0.3, 0.4) is 0 Å². The Morgan fingerprint density at radius 3 is 2.41 bits per heavy atom. The monoisotopic (exact) mass is 446 g/mol. The number of piperidine rings is 1. The van der Waals surface area contributed by atoms with Gasteiger partial charge in [0.2, 0.25) is 5.91 Å². The molecule has 3 saturated heterocycles. The predicted molar refractivity (Wildman–Crippen MR) is 120 cm³/mol. The van der Waals surface area contributed by atoms with Crippen molar-refractivity contribution in [2.75, 3.05) is 66.0 Å². The molecule has 1 N–H and O–H groups in total. The Bertz CT molecular complexity index is 800. The van der Waals surface area contributed by atoms with Crippen molar-refractivity contribution in [2.45, 2.75) is 38.1 Å². The molecule has 9 heteroatoms. The van der Waals surface area contributed by atoms with Crippen molar-refractivity contribution in [2.24, 2.45) is 0 Å². The van der Waals surface area contributed by atoms with Crippen LogP contribution in [-0.2, 0) is 11.3 Å². The molecule has 0 atom stereocenters. The molecule has 3 aliphatic rings. The maximum Gasteiger partial charge on any atom is 0.317 e. The summed E-state index contributed by atoms with van der Waals surface area (Å²) in [5.41, 5.74) is 1.94. The Hall–Kier alpha value is -2.26. The van der Waals surface area contributed by atoms with E-state index in [9.17, 15) is 14.0 Å². The Labute approximate surface area is 189 Å². The molecule has 0 spiro atoms. The Balaban J connectivity index is 1.29. The van der Waals surface area contributed by atoms with E-state index < -0.39 is 0 Å². The molecule has 8 nitrogen and oxygen atoms in total. The molecule has 3 amide bonds. The molecule has 176 valence electrons. The molecule has 0 saturated carbocycles. The average molecular weight is 447 g/mol. The van der Waals surface area contributed by atoms with Gasteiger partial charge in [0.05, 0.1) is 12.7 Å². The van der Waals surface area contributed by atoms with Crippen LogP contribution < -0.4 is 5.32 Å². The van der Waals surface area contributed by atoms with Crippen molar-refractivity contribution in [3.8, 4) is 0 Å². The van der Waals surface area contributed by atoms with E-state index in [4.69, 9.17) is 0 Å². The van der Waals surface area contributed by atoms with Gasteiger partial charge in [-0.25, -0.2) is 9.18 Å². The lowest BCUT2D eigenvalue weighted by Crippen LogP contribution is -2.46. The first-order valence-electron chi connectivity index (χ1n) is 11.9. The van der Waals surface area contributed by atoms with E-state index in [0.29, 0.717) is 13.1 Å². The summed E-state index contributed by atoms with van der Waals surface area (Å²) in [4.78, 5) is 37.4. The molecule has 0 aromatic carbocycles. The van der Waals surface area contributed by atoms with Crippen LogP contribution in [0, 0.1) is 5.82 Å². The molecule has 3 fully saturated rings. The molecule has 1 aromatic heterocycles. The topological polar surface area (TPSA) is 72.0 Å². The van der Waals surface area contributed by atoms with Crippen LogP contribution in [0.25, 0.3) is 0 Å². The van der Waals surface area contributed by atoms with Crippen molar-refractivity contribution < 1.29 is 14.0 Å². The van der Waals surface area contributed by atoms with Gasteiger partial charge in [-0.3, -0.25) is 14.7 Å². The highest BCUT2D eigenvalue weighted by Crippen LogP contribution is 2.30. The van der Waals surface area contributed by atoms with E-state index in [-0.39, 0.29) is 30.2 Å². The van der Waals surface area contributed by atoms with Crippen LogP contribution in [0.15, 0.2) is 12.3 Å². The number of pyridine rings is 1. The molecule has 3 aliphatic heterocycles. The third-order valence-electron chi connectivity index (χ3n) is 6.98. The summed E-state index contributed by atoms with van der Waals surface area (Å²) in [6, 6.07) is 1.49. The lowest BCUT2D eigenvalue weighted by molar-refractivity contribution is -0.131. The smallest absolute Gasteiger partial charge is 0.317 e. The summed E-state index contributed by atoms with van der Waals surface area (Å²) >= 11 is 0. The van der Waals surface area contributed by atoms with E-state index in [1.54, 1.807) is 11.0 Å². The van der Waals surface area contributed by atoms with Crippen LogP contribution in [-0.4, -0.2) is 102 Å². The van der Waals surface area contributed by atoms with Gasteiger partial charge >= 0.3 is 6.03 Å². The van der Waals surface area contributed by atoms with Crippen LogP contribution in [0.5, 0.6) is 0 Å². The highest BCUT2D eigenvalue weighted by atomic mass is 19.1. The minimum Gasteiger partial charge on any atom is -0.341 e. The van der Waals surface area contributed by atoms with E-state index in [1.807, 2.05) is 4.90 Å². The number of nitrogens with one attached hydrogen (secondary N) is 1. The second-order valence-electron chi connectivity index (χ2n) is 9.29. The summed E-state index contributed by atoms with van der Waals surface area (Å²) in [6.45, 7) is 7.56. The van der Waals surface area contributed by atoms with E-state index in [1.165, 1.54) is 6.20 Å². The summed E-state index contributed by atoms with van der Waals surface area (Å²) in [6.07, 6.45) is 4.99. The number of likely N-dealkylation sites (N-methyl/N-ethyl adjacent to an activating group) is 1. The maximum absolute atomic E-state index is 14.0. The van der Waals surface area contributed by atoms with Crippen molar-refractivity contribution in [3.05, 3.63) is 29.3 Å². The number of nitrogens with zero attached hydrogens (tertiary/aromatic N) is 5. The average Bonchev–Trinajstić information content (AvgIpc) is 3.34. The van der Waals surface area contributed by atoms with Gasteiger partial charge in [-0.2, -0.15) is 0 Å². The lowest BCUT2D eigenvalue weighted by atomic mass is 9.90. The van der Waals surface area contributed by atoms with Gasteiger partial charge in [-0.1, -0.05) is 0 Å². The number of piperazine rings is 1. The lowest BCUT2D eigenvalue weighted by Gasteiger charge is -2.35. The maximum atomic E-state index is 14.0. The standard InChI is InChI=1S/C23H35FN6O2/c1-27-10-12-28(13-11-27)17-19-14-20(24)15-25-22(19)18-4-8-29(9-5-18)21(31)16-26-23(32)30-6-2-3-7-30/h14-15,18H,2-13,16-17H2,1H3,(H,26,32). The molecule has 0 unspecified atom stereocenters. The highest BCUT2D eigenvalue weighted by molar-refractivity contribution is 5.84. The second-order valence-corrected chi connectivity index (χ2v) is 9.29. The Morgan fingerprint density at radius 2 is 1.72 bits per heavy atom. The van der Waals surface area contributed by atoms with Gasteiger partial charge in [-0.15, -0.1) is 0 Å². The fraction of sp³-hybridized carbons (Fsp3) is 0.696. The normalized spacial score (nSPS) is 21.2. The van der Waals surface area contributed by atoms with E-state index >= 15 is 0 Å². The largest absolute Gasteiger partial charge is 0.341 e. The Kier molecular flexibility index (Phi) is 7.57. The van der Waals surface area contributed by atoms with Gasteiger partial charge in [0.25, 0.3) is 0 Å². The molecular formula is C23H35FN6O2. The first-order chi connectivity index (χ1) is 15.5. The van der Waals surface area contributed by atoms with Crippen LogP contribution in [0.4, 0.5) is 9.18 Å². The number of amides is 3. The fourth-order valence-corrected chi connectivity index (χ4v) is 4.93. The molecular weight excluding hydrogens is 411 g/mol. The van der Waals surface area contributed by atoms with Crippen molar-refractivity contribution in [1.29, 1.82) is 0 Å². The third-order valence-corrected chi connectivity index (χ3v) is 6.98. The predicted octanol–water partition coefficient (Wildman–Crippen LogP) is 1.48. The second kappa shape index (κ2) is 10.6. The first-order valence-corrected chi connectivity index (χ1v) is 11.9. The number of carbonyl (C=O) groups is 2. The summed E-state index contributed by atoms with van der Waals surface area (Å²) in [5.74, 6) is -0.110. The molecule has 0 aliphatic carbocycles. The zero-order valence-electron chi connectivity index (χ0n) is 19.1. The fourth-order valence-electron chi connectivity index (χ4n) is 4.93. The van der Waals surface area contributed by atoms with Gasteiger partial charge in [0.15, 0.2) is 0 Å².